The van der Waals surface area contributed by atoms with Gasteiger partial charge in [0.05, 0.1) is 18.0 Å². The SMILES string of the molecule is CN=C(NCC(c1ccco1)N1CCCCC1)NC(C)Cc1c(C)nn(C)c1C. The third-order valence-electron chi connectivity index (χ3n) is 5.94. The Morgan fingerprint density at radius 3 is 2.62 bits per heavy atom. The Bertz CT molecular complexity index is 789. The van der Waals surface area contributed by atoms with Crippen molar-refractivity contribution < 1.29 is 4.42 Å². The van der Waals surface area contributed by atoms with Crippen LogP contribution in [0.4, 0.5) is 0 Å². The lowest BCUT2D eigenvalue weighted by Gasteiger charge is -2.34. The fourth-order valence-electron chi connectivity index (χ4n) is 4.21. The molecule has 0 aliphatic carbocycles. The average molecular weight is 401 g/mol. The highest BCUT2D eigenvalue weighted by Crippen LogP contribution is 2.24. The molecule has 7 heteroatoms. The van der Waals surface area contributed by atoms with Crippen molar-refractivity contribution in [3.63, 3.8) is 0 Å². The highest BCUT2D eigenvalue weighted by Gasteiger charge is 2.25. The summed E-state index contributed by atoms with van der Waals surface area (Å²) >= 11 is 0. The van der Waals surface area contributed by atoms with Crippen LogP contribution in [0.1, 0.15) is 54.9 Å². The van der Waals surface area contributed by atoms with Crippen LogP contribution < -0.4 is 10.6 Å². The second-order valence-electron chi connectivity index (χ2n) is 8.10. The van der Waals surface area contributed by atoms with E-state index in [0.717, 1.165) is 43.5 Å². The van der Waals surface area contributed by atoms with Crippen LogP contribution in [0.3, 0.4) is 0 Å². The maximum Gasteiger partial charge on any atom is 0.191 e. The Morgan fingerprint density at radius 2 is 2.03 bits per heavy atom. The second-order valence-corrected chi connectivity index (χ2v) is 8.10. The number of nitrogens with one attached hydrogen (secondary N) is 2. The number of rotatable bonds is 7. The van der Waals surface area contributed by atoms with Gasteiger partial charge in [-0.1, -0.05) is 6.42 Å². The minimum Gasteiger partial charge on any atom is -0.468 e. The molecule has 2 aromatic rings. The van der Waals surface area contributed by atoms with Gasteiger partial charge in [0.2, 0.25) is 0 Å². The first-order valence-electron chi connectivity index (χ1n) is 10.7. The molecule has 3 heterocycles. The third kappa shape index (κ3) is 5.41. The second kappa shape index (κ2) is 9.96. The van der Waals surface area contributed by atoms with Gasteiger partial charge in [-0.2, -0.15) is 5.10 Å². The molecule has 1 fully saturated rings. The normalized spacial score (nSPS) is 17.9. The van der Waals surface area contributed by atoms with Gasteiger partial charge in [-0.25, -0.2) is 0 Å². The van der Waals surface area contributed by atoms with Crippen molar-refractivity contribution >= 4 is 5.96 Å². The molecular formula is C22H36N6O. The van der Waals surface area contributed by atoms with Crippen LogP contribution in [0.5, 0.6) is 0 Å². The van der Waals surface area contributed by atoms with E-state index >= 15 is 0 Å². The molecule has 2 unspecified atom stereocenters. The molecule has 1 aliphatic rings. The Kier molecular flexibility index (Phi) is 7.36. The Hall–Kier alpha value is -2.28. The Balaban J connectivity index is 1.59. The largest absolute Gasteiger partial charge is 0.468 e. The van der Waals surface area contributed by atoms with E-state index in [1.807, 2.05) is 24.8 Å². The summed E-state index contributed by atoms with van der Waals surface area (Å²) in [6.45, 7) is 9.40. The standard InChI is InChI=1S/C22H36N6O/c1-16(14-19-17(2)26-27(5)18(19)3)25-22(23-4)24-15-20(21-10-9-13-29-21)28-11-7-6-8-12-28/h9-10,13,16,20H,6-8,11-12,14-15H2,1-5H3,(H2,23,24,25). The zero-order chi connectivity index (χ0) is 20.8. The van der Waals surface area contributed by atoms with Gasteiger partial charge in [-0.3, -0.25) is 14.6 Å². The molecule has 160 valence electrons. The lowest BCUT2D eigenvalue weighted by atomic mass is 10.1. The number of piperidine rings is 1. The van der Waals surface area contributed by atoms with Gasteiger partial charge in [0.1, 0.15) is 5.76 Å². The quantitative estimate of drug-likeness (QED) is 0.552. The van der Waals surface area contributed by atoms with Gasteiger partial charge >= 0.3 is 0 Å². The van der Waals surface area contributed by atoms with E-state index in [9.17, 15) is 0 Å². The lowest BCUT2D eigenvalue weighted by Crippen LogP contribution is -2.47. The maximum atomic E-state index is 5.75. The number of likely N-dealkylation sites (tertiary alicyclic amines) is 1. The smallest absolute Gasteiger partial charge is 0.191 e. The minimum absolute atomic E-state index is 0.224. The van der Waals surface area contributed by atoms with Crippen molar-refractivity contribution in [3.05, 3.63) is 41.1 Å². The summed E-state index contributed by atoms with van der Waals surface area (Å²) in [7, 11) is 3.82. The number of nitrogens with zero attached hydrogens (tertiary/aromatic N) is 4. The fraction of sp³-hybridized carbons (Fsp3) is 0.636. The van der Waals surface area contributed by atoms with Gasteiger partial charge in [-0.15, -0.1) is 0 Å². The Morgan fingerprint density at radius 1 is 1.28 bits per heavy atom. The molecule has 1 aliphatic heterocycles. The van der Waals surface area contributed by atoms with E-state index in [-0.39, 0.29) is 12.1 Å². The van der Waals surface area contributed by atoms with Gasteiger partial charge in [-0.05, 0) is 70.8 Å². The molecule has 7 nitrogen and oxygen atoms in total. The first-order valence-corrected chi connectivity index (χ1v) is 10.7. The zero-order valence-electron chi connectivity index (χ0n) is 18.5. The number of hydrogen-bond donors (Lipinski definition) is 2. The number of hydrogen-bond acceptors (Lipinski definition) is 4. The van der Waals surface area contributed by atoms with Crippen molar-refractivity contribution in [1.82, 2.24) is 25.3 Å². The summed E-state index contributed by atoms with van der Waals surface area (Å²) in [5.74, 6) is 1.84. The van der Waals surface area contributed by atoms with Crippen LogP contribution in [0.15, 0.2) is 27.8 Å². The van der Waals surface area contributed by atoms with E-state index in [0.29, 0.717) is 0 Å². The van der Waals surface area contributed by atoms with Crippen LogP contribution in [0.25, 0.3) is 0 Å². The van der Waals surface area contributed by atoms with E-state index in [4.69, 9.17) is 4.42 Å². The van der Waals surface area contributed by atoms with Gasteiger partial charge in [0.15, 0.2) is 5.96 Å². The number of aryl methyl sites for hydroxylation is 2. The number of aromatic nitrogens is 2. The summed E-state index contributed by atoms with van der Waals surface area (Å²) in [6, 6.07) is 4.52. The van der Waals surface area contributed by atoms with Crippen LogP contribution >= 0.6 is 0 Å². The van der Waals surface area contributed by atoms with E-state index in [1.165, 1.54) is 30.5 Å². The van der Waals surface area contributed by atoms with Crippen LogP contribution in [-0.4, -0.2) is 53.4 Å². The molecule has 3 rings (SSSR count). The summed E-state index contributed by atoms with van der Waals surface area (Å²) in [5, 5.41) is 11.6. The monoisotopic (exact) mass is 400 g/mol. The Labute approximate surface area is 174 Å². The molecule has 0 aromatic carbocycles. The van der Waals surface area contributed by atoms with Crippen LogP contribution in [0, 0.1) is 13.8 Å². The van der Waals surface area contributed by atoms with Gasteiger partial charge in [0, 0.05) is 32.4 Å². The van der Waals surface area contributed by atoms with Crippen LogP contribution in [0.2, 0.25) is 0 Å². The fourth-order valence-corrected chi connectivity index (χ4v) is 4.21. The van der Waals surface area contributed by atoms with E-state index in [1.54, 1.807) is 6.26 Å². The first kappa shape index (κ1) is 21.4. The zero-order valence-corrected chi connectivity index (χ0v) is 18.5. The topological polar surface area (TPSA) is 70.6 Å². The van der Waals surface area contributed by atoms with Crippen LogP contribution in [-0.2, 0) is 13.5 Å². The number of aliphatic imine (C=N–C) groups is 1. The number of furan rings is 1. The molecule has 0 radical (unpaired) electrons. The first-order chi connectivity index (χ1) is 14.0. The van der Waals surface area contributed by atoms with E-state index < -0.39 is 0 Å². The number of guanidine groups is 1. The highest BCUT2D eigenvalue weighted by atomic mass is 16.3. The van der Waals surface area contributed by atoms with Crippen molar-refractivity contribution in [2.45, 2.75) is 58.5 Å². The third-order valence-corrected chi connectivity index (χ3v) is 5.94. The minimum atomic E-state index is 0.224. The molecule has 0 amide bonds. The summed E-state index contributed by atoms with van der Waals surface area (Å²) < 4.78 is 7.71. The molecule has 2 N–H and O–H groups in total. The molecule has 0 saturated carbocycles. The average Bonchev–Trinajstić information content (AvgIpc) is 3.33. The summed E-state index contributed by atoms with van der Waals surface area (Å²) in [5.41, 5.74) is 3.64. The predicted molar refractivity (Wildman–Crippen MR) is 117 cm³/mol. The lowest BCUT2D eigenvalue weighted by molar-refractivity contribution is 0.146. The maximum absolute atomic E-state index is 5.75. The molecule has 29 heavy (non-hydrogen) atoms. The van der Waals surface area contributed by atoms with Crippen molar-refractivity contribution in [2.24, 2.45) is 12.0 Å². The molecular weight excluding hydrogens is 364 g/mol. The molecule has 1 saturated heterocycles. The molecule has 2 aromatic heterocycles. The molecule has 0 spiro atoms. The molecule has 0 bridgehead atoms. The van der Waals surface area contributed by atoms with E-state index in [2.05, 4.69) is 52.5 Å². The van der Waals surface area contributed by atoms with Crippen molar-refractivity contribution in [2.75, 3.05) is 26.7 Å². The predicted octanol–water partition coefficient (Wildman–Crippen LogP) is 2.95. The van der Waals surface area contributed by atoms with Crippen molar-refractivity contribution in [1.29, 1.82) is 0 Å². The highest BCUT2D eigenvalue weighted by molar-refractivity contribution is 5.80. The summed E-state index contributed by atoms with van der Waals surface area (Å²) in [4.78, 5) is 6.96. The van der Waals surface area contributed by atoms with Crippen molar-refractivity contribution in [3.8, 4) is 0 Å². The summed E-state index contributed by atoms with van der Waals surface area (Å²) in [6.07, 6.45) is 6.51. The van der Waals surface area contributed by atoms with Gasteiger partial charge in [0.25, 0.3) is 0 Å². The van der Waals surface area contributed by atoms with Gasteiger partial charge < -0.3 is 15.1 Å². The molecule has 2 atom stereocenters.